The molecule has 0 unspecified atom stereocenters. The number of Topliss-reactive ketones (excluding diaryl/α,β-unsaturated/α-hetero) is 1. The summed E-state index contributed by atoms with van der Waals surface area (Å²) in [4.78, 5) is 15.3. The van der Waals surface area contributed by atoms with Gasteiger partial charge in [0.15, 0.2) is 5.88 Å². The predicted molar refractivity (Wildman–Crippen MR) is 103 cm³/mol. The van der Waals surface area contributed by atoms with Crippen LogP contribution in [-0.2, 0) is 0 Å². The van der Waals surface area contributed by atoms with Crippen LogP contribution in [0.5, 0.6) is 0 Å². The molecule has 1 aromatic carbocycles. The number of aliphatic hydroxyl groups excluding tert-OH is 1. The Balaban J connectivity index is 2.50. The zero-order chi connectivity index (χ0) is 17.9. The van der Waals surface area contributed by atoms with Crippen molar-refractivity contribution in [2.24, 2.45) is 5.92 Å². The van der Waals surface area contributed by atoms with Gasteiger partial charge in [0.2, 0.25) is 5.78 Å². The smallest absolute Gasteiger partial charge is 0.200 e. The summed E-state index contributed by atoms with van der Waals surface area (Å²) in [6.45, 7) is 4.03. The fourth-order valence-electron chi connectivity index (χ4n) is 2.59. The number of rotatable bonds is 8. The molecule has 4 nitrogen and oxygen atoms in total. The largest absolute Gasteiger partial charge is 0.494 e. The Kier molecular flexibility index (Phi) is 6.40. The van der Waals surface area contributed by atoms with Gasteiger partial charge in [-0.1, -0.05) is 6.92 Å². The summed E-state index contributed by atoms with van der Waals surface area (Å²) in [7, 11) is 1.56. The average molecular weight is 365 g/mol. The minimum Gasteiger partial charge on any atom is -0.494 e. The molecule has 0 radical (unpaired) electrons. The number of allylic oxidation sites excluding steroid dienone is 1. The second-order valence-electron chi connectivity index (χ2n) is 5.69. The molecule has 0 aromatic heterocycles. The maximum absolute atomic E-state index is 13.1. The van der Waals surface area contributed by atoms with E-state index in [1.165, 1.54) is 0 Å². The van der Waals surface area contributed by atoms with E-state index in [2.05, 4.69) is 12.2 Å². The number of hydrogen-bond donors (Lipinski definition) is 3. The lowest BCUT2D eigenvalue weighted by Gasteiger charge is -2.16. The van der Waals surface area contributed by atoms with Crippen LogP contribution in [0.1, 0.15) is 35.7 Å². The van der Waals surface area contributed by atoms with E-state index in [-0.39, 0.29) is 28.9 Å². The molecule has 3 N–H and O–H groups in total. The number of carbonyl (C=O) groups excluding carboxylic acids is 1. The molecule has 0 bridgehead atoms. The molecule has 1 aromatic rings. The molecular weight excluding hydrogens is 340 g/mol. The molecular formula is C18H24N2O2S2. The van der Waals surface area contributed by atoms with Crippen molar-refractivity contribution in [1.82, 2.24) is 5.32 Å². The monoisotopic (exact) mass is 364 g/mol. The van der Waals surface area contributed by atoms with Crippen molar-refractivity contribution >= 4 is 35.0 Å². The van der Waals surface area contributed by atoms with Gasteiger partial charge < -0.3 is 15.8 Å². The van der Waals surface area contributed by atoms with Crippen LogP contribution in [0.2, 0.25) is 0 Å². The van der Waals surface area contributed by atoms with Crippen molar-refractivity contribution < 1.29 is 9.90 Å². The van der Waals surface area contributed by atoms with E-state index < -0.39 is 0 Å². The van der Waals surface area contributed by atoms with E-state index in [1.807, 2.05) is 25.3 Å². The van der Waals surface area contributed by atoms with Gasteiger partial charge in [-0.3, -0.25) is 4.79 Å². The minimum atomic E-state index is -0.276. The van der Waals surface area contributed by atoms with Crippen LogP contribution in [0.3, 0.4) is 0 Å². The number of ketones is 1. The first kappa shape index (κ1) is 18.9. The van der Waals surface area contributed by atoms with Gasteiger partial charge in [0.25, 0.3) is 0 Å². The standard InChI is InChI=1S/C18H24N2O2S2/c1-5-24-17-10(2)12(8-9-13(17)23-4)16(21)14(18(22)20-3)15(19)11-6-7-11/h8-9,11,19-20,22H,5-7H2,1-4H3/b18-14-,19-15?. The van der Waals surface area contributed by atoms with Crippen LogP contribution >= 0.6 is 23.5 Å². The van der Waals surface area contributed by atoms with Crippen molar-refractivity contribution in [2.45, 2.75) is 36.5 Å². The van der Waals surface area contributed by atoms with Crippen LogP contribution in [0, 0.1) is 18.3 Å². The minimum absolute atomic E-state index is 0.0923. The van der Waals surface area contributed by atoms with Gasteiger partial charge in [-0.2, -0.15) is 0 Å². The number of benzene rings is 1. The number of thioether (sulfide) groups is 2. The third-order valence-corrected chi connectivity index (χ3v) is 6.09. The zero-order valence-corrected chi connectivity index (χ0v) is 16.2. The van der Waals surface area contributed by atoms with Gasteiger partial charge in [-0.05, 0) is 49.5 Å². The van der Waals surface area contributed by atoms with Gasteiger partial charge in [0.1, 0.15) is 5.57 Å². The molecule has 24 heavy (non-hydrogen) atoms. The van der Waals surface area contributed by atoms with Gasteiger partial charge >= 0.3 is 0 Å². The first-order chi connectivity index (χ1) is 11.5. The molecule has 1 aliphatic carbocycles. The maximum atomic E-state index is 13.1. The first-order valence-corrected chi connectivity index (χ1v) is 10.2. The van der Waals surface area contributed by atoms with Crippen molar-refractivity contribution in [3.05, 3.63) is 34.7 Å². The second kappa shape index (κ2) is 8.12. The fraction of sp³-hybridized carbons (Fsp3) is 0.444. The molecule has 0 aliphatic heterocycles. The van der Waals surface area contributed by atoms with Gasteiger partial charge in [-0.15, -0.1) is 23.5 Å². The summed E-state index contributed by atoms with van der Waals surface area (Å²) < 4.78 is 0. The second-order valence-corrected chi connectivity index (χ2v) is 7.82. The van der Waals surface area contributed by atoms with Crippen molar-refractivity contribution in [3.8, 4) is 0 Å². The Bertz CT molecular complexity index is 695. The summed E-state index contributed by atoms with van der Waals surface area (Å²) in [5, 5.41) is 21.1. The van der Waals surface area contributed by atoms with E-state index in [0.29, 0.717) is 5.56 Å². The predicted octanol–water partition coefficient (Wildman–Crippen LogP) is 4.43. The average Bonchev–Trinajstić information content (AvgIpc) is 3.41. The Labute approximate surface area is 152 Å². The van der Waals surface area contributed by atoms with Crippen LogP contribution < -0.4 is 5.32 Å². The zero-order valence-electron chi connectivity index (χ0n) is 14.5. The van der Waals surface area contributed by atoms with Crippen molar-refractivity contribution in [2.75, 3.05) is 19.1 Å². The molecule has 2 rings (SSSR count). The Morgan fingerprint density at radius 2 is 2.08 bits per heavy atom. The van der Waals surface area contributed by atoms with Crippen LogP contribution in [-0.4, -0.2) is 35.7 Å². The van der Waals surface area contributed by atoms with Crippen LogP contribution in [0.15, 0.2) is 33.4 Å². The number of hydrogen-bond acceptors (Lipinski definition) is 6. The highest BCUT2D eigenvalue weighted by molar-refractivity contribution is 8.02. The highest BCUT2D eigenvalue weighted by Crippen LogP contribution is 2.37. The lowest BCUT2D eigenvalue weighted by Crippen LogP contribution is -2.22. The van der Waals surface area contributed by atoms with Crippen LogP contribution in [0.25, 0.3) is 0 Å². The van der Waals surface area contributed by atoms with Gasteiger partial charge in [0, 0.05) is 28.3 Å². The third kappa shape index (κ3) is 3.81. The van der Waals surface area contributed by atoms with E-state index in [9.17, 15) is 9.90 Å². The molecule has 0 heterocycles. The maximum Gasteiger partial charge on any atom is 0.200 e. The molecule has 0 saturated heterocycles. The normalized spacial score (nSPS) is 15.0. The highest BCUT2D eigenvalue weighted by atomic mass is 32.2. The Morgan fingerprint density at radius 3 is 2.58 bits per heavy atom. The topological polar surface area (TPSA) is 73.2 Å². The van der Waals surface area contributed by atoms with E-state index in [0.717, 1.165) is 33.9 Å². The van der Waals surface area contributed by atoms with Crippen LogP contribution in [0.4, 0.5) is 0 Å². The number of nitrogens with one attached hydrogen (secondary N) is 2. The molecule has 0 spiro atoms. The summed E-state index contributed by atoms with van der Waals surface area (Å²) in [5.74, 6) is 0.528. The molecule has 1 fully saturated rings. The van der Waals surface area contributed by atoms with Crippen molar-refractivity contribution in [1.29, 1.82) is 5.41 Å². The van der Waals surface area contributed by atoms with Crippen molar-refractivity contribution in [3.63, 3.8) is 0 Å². The molecule has 6 heteroatoms. The van der Waals surface area contributed by atoms with E-state index in [1.54, 1.807) is 30.6 Å². The highest BCUT2D eigenvalue weighted by Gasteiger charge is 2.34. The third-order valence-electron chi connectivity index (χ3n) is 4.08. The molecule has 1 aliphatic rings. The fourth-order valence-corrected chi connectivity index (χ4v) is 4.39. The summed E-state index contributed by atoms with van der Waals surface area (Å²) in [6.07, 6.45) is 3.85. The van der Waals surface area contributed by atoms with E-state index in [4.69, 9.17) is 5.41 Å². The molecule has 0 atom stereocenters. The Morgan fingerprint density at radius 1 is 1.42 bits per heavy atom. The SMILES string of the molecule is CCSc1c(SC)ccc(C(=O)/C(C(=N)C2CC2)=C(\O)NC)c1C. The molecule has 130 valence electrons. The lowest BCUT2D eigenvalue weighted by atomic mass is 9.94. The number of carbonyl (C=O) groups is 1. The van der Waals surface area contributed by atoms with Gasteiger partial charge in [-0.25, -0.2) is 0 Å². The number of aliphatic hydroxyl groups is 1. The summed E-state index contributed by atoms with van der Waals surface area (Å²) in [5.41, 5.74) is 1.83. The quantitative estimate of drug-likeness (QED) is 0.209. The first-order valence-electron chi connectivity index (χ1n) is 8.01. The van der Waals surface area contributed by atoms with Gasteiger partial charge in [0.05, 0.1) is 5.71 Å². The summed E-state index contributed by atoms with van der Waals surface area (Å²) in [6, 6.07) is 3.77. The molecule has 0 amide bonds. The Hall–Kier alpha value is -1.40. The summed E-state index contributed by atoms with van der Waals surface area (Å²) >= 11 is 3.38. The lowest BCUT2D eigenvalue weighted by molar-refractivity contribution is 0.103. The molecule has 1 saturated carbocycles. The van der Waals surface area contributed by atoms with E-state index >= 15 is 0 Å².